The van der Waals surface area contributed by atoms with Gasteiger partial charge in [-0.1, -0.05) is 12.1 Å². The fraction of sp³-hybridized carbons (Fsp3) is 0.300. The topological polar surface area (TPSA) is 17.1 Å². The standard InChI is InChI=1S/C10H11FOS/c1-8(13-7-6-12)9-2-4-10(11)5-3-9/h2-6,8H,7H2,1H3. The Kier molecular flexibility index (Phi) is 3.96. The normalized spacial score (nSPS) is 12.5. The molecule has 1 atom stereocenters. The first-order valence-electron chi connectivity index (χ1n) is 4.04. The van der Waals surface area contributed by atoms with Crippen molar-refractivity contribution in [2.45, 2.75) is 12.2 Å². The Morgan fingerprint density at radius 1 is 1.46 bits per heavy atom. The summed E-state index contributed by atoms with van der Waals surface area (Å²) >= 11 is 1.54. The summed E-state index contributed by atoms with van der Waals surface area (Å²) in [4.78, 5) is 10.1. The molecule has 1 aromatic rings. The van der Waals surface area contributed by atoms with Gasteiger partial charge in [-0.3, -0.25) is 0 Å². The summed E-state index contributed by atoms with van der Waals surface area (Å²) in [6, 6.07) is 6.37. The van der Waals surface area contributed by atoms with Gasteiger partial charge in [0.2, 0.25) is 0 Å². The van der Waals surface area contributed by atoms with Crippen LogP contribution in [0, 0.1) is 5.82 Å². The largest absolute Gasteiger partial charge is 0.302 e. The molecule has 0 aliphatic carbocycles. The second-order valence-corrected chi connectivity index (χ2v) is 4.07. The molecule has 0 amide bonds. The van der Waals surface area contributed by atoms with Crippen LogP contribution in [0.1, 0.15) is 17.7 Å². The van der Waals surface area contributed by atoms with E-state index in [-0.39, 0.29) is 11.1 Å². The van der Waals surface area contributed by atoms with E-state index in [0.717, 1.165) is 11.8 Å². The van der Waals surface area contributed by atoms with Gasteiger partial charge < -0.3 is 4.79 Å². The van der Waals surface area contributed by atoms with E-state index in [9.17, 15) is 9.18 Å². The molecule has 0 N–H and O–H groups in total. The third-order valence-corrected chi connectivity index (χ3v) is 2.85. The van der Waals surface area contributed by atoms with Gasteiger partial charge in [-0.15, -0.1) is 11.8 Å². The number of halogens is 1. The molecule has 70 valence electrons. The molecule has 0 spiro atoms. The first kappa shape index (κ1) is 10.3. The fourth-order valence-electron chi connectivity index (χ4n) is 1.01. The number of aldehydes is 1. The molecule has 0 fully saturated rings. The van der Waals surface area contributed by atoms with Crippen LogP contribution in [-0.4, -0.2) is 12.0 Å². The molecule has 1 nitrogen and oxygen atoms in total. The summed E-state index contributed by atoms with van der Waals surface area (Å²) in [6.07, 6.45) is 0.880. The number of carbonyl (C=O) groups excluding carboxylic acids is 1. The molecule has 0 heterocycles. The minimum atomic E-state index is -0.226. The van der Waals surface area contributed by atoms with E-state index in [1.807, 2.05) is 6.92 Å². The fourth-order valence-corrected chi connectivity index (χ4v) is 1.73. The maximum Gasteiger partial charge on any atom is 0.129 e. The molecule has 3 heteroatoms. The van der Waals surface area contributed by atoms with Crippen molar-refractivity contribution in [1.29, 1.82) is 0 Å². The average molecular weight is 198 g/mol. The van der Waals surface area contributed by atoms with Gasteiger partial charge in [0.1, 0.15) is 12.1 Å². The highest BCUT2D eigenvalue weighted by molar-refractivity contribution is 8.00. The Morgan fingerprint density at radius 2 is 2.08 bits per heavy atom. The van der Waals surface area contributed by atoms with Gasteiger partial charge >= 0.3 is 0 Å². The molecule has 1 unspecified atom stereocenters. The first-order valence-corrected chi connectivity index (χ1v) is 5.09. The van der Waals surface area contributed by atoms with Crippen molar-refractivity contribution in [3.05, 3.63) is 35.6 Å². The lowest BCUT2D eigenvalue weighted by Gasteiger charge is -2.08. The Hall–Kier alpha value is -0.830. The summed E-state index contributed by atoms with van der Waals surface area (Å²) in [7, 11) is 0. The highest BCUT2D eigenvalue weighted by Gasteiger charge is 2.04. The van der Waals surface area contributed by atoms with Gasteiger partial charge in [0.25, 0.3) is 0 Å². The third kappa shape index (κ3) is 3.19. The zero-order valence-electron chi connectivity index (χ0n) is 7.37. The quantitative estimate of drug-likeness (QED) is 0.692. The van der Waals surface area contributed by atoms with Gasteiger partial charge in [0, 0.05) is 11.0 Å². The van der Waals surface area contributed by atoms with Crippen LogP contribution < -0.4 is 0 Å². The second kappa shape index (κ2) is 5.02. The minimum Gasteiger partial charge on any atom is -0.302 e. The van der Waals surface area contributed by atoms with E-state index in [1.54, 1.807) is 23.9 Å². The Balaban J connectivity index is 2.60. The predicted octanol–water partition coefficient (Wildman–Crippen LogP) is 2.82. The van der Waals surface area contributed by atoms with Crippen LogP contribution in [0.25, 0.3) is 0 Å². The monoisotopic (exact) mass is 198 g/mol. The summed E-state index contributed by atoms with van der Waals surface area (Å²) in [5, 5.41) is 0.241. The number of thioether (sulfide) groups is 1. The Morgan fingerprint density at radius 3 is 2.62 bits per heavy atom. The van der Waals surface area contributed by atoms with Crippen molar-refractivity contribution in [1.82, 2.24) is 0 Å². The van der Waals surface area contributed by atoms with E-state index in [4.69, 9.17) is 0 Å². The van der Waals surface area contributed by atoms with Crippen molar-refractivity contribution < 1.29 is 9.18 Å². The maximum atomic E-state index is 12.5. The summed E-state index contributed by atoms with van der Waals surface area (Å²) < 4.78 is 12.5. The molecule has 13 heavy (non-hydrogen) atoms. The number of benzene rings is 1. The zero-order chi connectivity index (χ0) is 9.68. The SMILES string of the molecule is CC(SCC=O)c1ccc(F)cc1. The lowest BCUT2D eigenvalue weighted by atomic mass is 10.2. The van der Waals surface area contributed by atoms with Gasteiger partial charge in [-0.2, -0.15) is 0 Å². The number of carbonyl (C=O) groups is 1. The lowest BCUT2D eigenvalue weighted by molar-refractivity contribution is -0.105. The molecular formula is C10H11FOS. The molecule has 1 aromatic carbocycles. The van der Waals surface area contributed by atoms with Crippen LogP contribution in [0.3, 0.4) is 0 Å². The predicted molar refractivity (Wildman–Crippen MR) is 53.3 cm³/mol. The number of hydrogen-bond acceptors (Lipinski definition) is 2. The van der Waals surface area contributed by atoms with Crippen molar-refractivity contribution in [2.24, 2.45) is 0 Å². The minimum absolute atomic E-state index is 0.226. The Labute approximate surface area is 81.3 Å². The van der Waals surface area contributed by atoms with Crippen LogP contribution >= 0.6 is 11.8 Å². The van der Waals surface area contributed by atoms with Crippen LogP contribution in [0.2, 0.25) is 0 Å². The van der Waals surface area contributed by atoms with E-state index in [2.05, 4.69) is 0 Å². The molecule has 0 aliphatic rings. The molecular weight excluding hydrogens is 187 g/mol. The van der Waals surface area contributed by atoms with Gasteiger partial charge in [-0.05, 0) is 24.6 Å². The first-order chi connectivity index (χ1) is 6.24. The summed E-state index contributed by atoms with van der Waals surface area (Å²) in [5.41, 5.74) is 1.05. The molecule has 0 aromatic heterocycles. The van der Waals surface area contributed by atoms with E-state index < -0.39 is 0 Å². The average Bonchev–Trinajstić information content (AvgIpc) is 2.15. The van der Waals surface area contributed by atoms with Crippen LogP contribution in [0.5, 0.6) is 0 Å². The zero-order valence-corrected chi connectivity index (χ0v) is 8.18. The maximum absolute atomic E-state index is 12.5. The van der Waals surface area contributed by atoms with E-state index in [1.165, 1.54) is 12.1 Å². The van der Waals surface area contributed by atoms with E-state index in [0.29, 0.717) is 5.75 Å². The summed E-state index contributed by atoms with van der Waals surface area (Å²) in [6.45, 7) is 2.00. The Bertz CT molecular complexity index is 271. The van der Waals surface area contributed by atoms with Crippen molar-refractivity contribution in [3.8, 4) is 0 Å². The van der Waals surface area contributed by atoms with Gasteiger partial charge in [0.05, 0.1) is 0 Å². The van der Waals surface area contributed by atoms with Gasteiger partial charge in [0.15, 0.2) is 0 Å². The highest BCUT2D eigenvalue weighted by Crippen LogP contribution is 2.27. The van der Waals surface area contributed by atoms with Crippen molar-refractivity contribution >= 4 is 18.0 Å². The highest BCUT2D eigenvalue weighted by atomic mass is 32.2. The molecule has 0 saturated carbocycles. The van der Waals surface area contributed by atoms with Crippen LogP contribution in [0.4, 0.5) is 4.39 Å². The van der Waals surface area contributed by atoms with Crippen LogP contribution in [-0.2, 0) is 4.79 Å². The smallest absolute Gasteiger partial charge is 0.129 e. The van der Waals surface area contributed by atoms with E-state index >= 15 is 0 Å². The number of hydrogen-bond donors (Lipinski definition) is 0. The lowest BCUT2D eigenvalue weighted by Crippen LogP contribution is -1.90. The molecule has 0 radical (unpaired) electrons. The second-order valence-electron chi connectivity index (χ2n) is 2.69. The third-order valence-electron chi connectivity index (χ3n) is 1.75. The molecule has 0 aliphatic heterocycles. The molecule has 1 rings (SSSR count). The molecule has 0 saturated heterocycles. The van der Waals surface area contributed by atoms with Crippen LogP contribution in [0.15, 0.2) is 24.3 Å². The number of rotatable bonds is 4. The van der Waals surface area contributed by atoms with Crippen molar-refractivity contribution in [3.63, 3.8) is 0 Å². The van der Waals surface area contributed by atoms with Gasteiger partial charge in [-0.25, -0.2) is 4.39 Å². The van der Waals surface area contributed by atoms with Crippen molar-refractivity contribution in [2.75, 3.05) is 5.75 Å². The summed E-state index contributed by atoms with van der Waals surface area (Å²) in [5.74, 6) is 0.259. The molecule has 0 bridgehead atoms.